The number of hydrogen-bond donors (Lipinski definition) is 1. The van der Waals surface area contributed by atoms with E-state index in [9.17, 15) is 19.2 Å². The highest BCUT2D eigenvalue weighted by Crippen LogP contribution is 2.21. The SMILES string of the molecule is C[C@@H](OC(=O)CNC(=O)c1ccc(N2CCCC2=O)cc1)C(=O)N(C)c1ccccc1. The van der Waals surface area contributed by atoms with Gasteiger partial charge >= 0.3 is 5.97 Å². The molecule has 0 bridgehead atoms. The Morgan fingerprint density at radius 2 is 1.77 bits per heavy atom. The van der Waals surface area contributed by atoms with Gasteiger partial charge in [0.2, 0.25) is 5.91 Å². The number of esters is 1. The fourth-order valence-corrected chi connectivity index (χ4v) is 3.31. The van der Waals surface area contributed by atoms with E-state index in [4.69, 9.17) is 4.74 Å². The van der Waals surface area contributed by atoms with Crippen LogP contribution < -0.4 is 15.1 Å². The van der Waals surface area contributed by atoms with Gasteiger partial charge in [-0.05, 0) is 49.7 Å². The Balaban J connectivity index is 1.48. The van der Waals surface area contributed by atoms with Gasteiger partial charge in [0.05, 0.1) is 0 Å². The molecular formula is C23H25N3O5. The van der Waals surface area contributed by atoms with E-state index in [-0.39, 0.29) is 18.4 Å². The van der Waals surface area contributed by atoms with Gasteiger partial charge in [-0.15, -0.1) is 0 Å². The molecule has 8 nitrogen and oxygen atoms in total. The summed E-state index contributed by atoms with van der Waals surface area (Å²) in [6, 6.07) is 15.6. The maximum atomic E-state index is 12.4. The van der Waals surface area contributed by atoms with Crippen molar-refractivity contribution in [3.05, 3.63) is 60.2 Å². The average Bonchev–Trinajstić information content (AvgIpc) is 3.22. The molecular weight excluding hydrogens is 398 g/mol. The topological polar surface area (TPSA) is 96.0 Å². The van der Waals surface area contributed by atoms with Crippen LogP contribution in [-0.4, -0.2) is 49.9 Å². The molecule has 8 heteroatoms. The monoisotopic (exact) mass is 423 g/mol. The highest BCUT2D eigenvalue weighted by Gasteiger charge is 2.23. The summed E-state index contributed by atoms with van der Waals surface area (Å²) < 4.78 is 5.15. The summed E-state index contributed by atoms with van der Waals surface area (Å²) in [5.74, 6) is -1.47. The van der Waals surface area contributed by atoms with Gasteiger partial charge in [0, 0.05) is 37.0 Å². The second-order valence-electron chi connectivity index (χ2n) is 7.24. The molecule has 2 aromatic rings. The van der Waals surface area contributed by atoms with E-state index in [1.165, 1.54) is 11.8 Å². The zero-order valence-corrected chi connectivity index (χ0v) is 17.5. The Morgan fingerprint density at radius 1 is 1.10 bits per heavy atom. The molecule has 1 atom stereocenters. The zero-order valence-electron chi connectivity index (χ0n) is 17.5. The second kappa shape index (κ2) is 9.88. The minimum Gasteiger partial charge on any atom is -0.451 e. The zero-order chi connectivity index (χ0) is 22.4. The predicted molar refractivity (Wildman–Crippen MR) is 116 cm³/mol. The molecule has 31 heavy (non-hydrogen) atoms. The molecule has 1 fully saturated rings. The smallest absolute Gasteiger partial charge is 0.326 e. The number of carbonyl (C=O) groups excluding carboxylic acids is 4. The third-order valence-corrected chi connectivity index (χ3v) is 5.04. The van der Waals surface area contributed by atoms with Crippen LogP contribution in [0, 0.1) is 0 Å². The van der Waals surface area contributed by atoms with Crippen LogP contribution in [0.3, 0.4) is 0 Å². The predicted octanol–water partition coefficient (Wildman–Crippen LogP) is 2.14. The maximum Gasteiger partial charge on any atom is 0.326 e. The Labute approximate surface area is 180 Å². The fraction of sp³-hybridized carbons (Fsp3) is 0.304. The van der Waals surface area contributed by atoms with E-state index in [1.54, 1.807) is 60.5 Å². The Hall–Kier alpha value is -3.68. The van der Waals surface area contributed by atoms with Gasteiger partial charge in [-0.2, -0.15) is 0 Å². The van der Waals surface area contributed by atoms with Crippen LogP contribution >= 0.6 is 0 Å². The first kappa shape index (κ1) is 22.0. The number of carbonyl (C=O) groups is 4. The molecule has 0 radical (unpaired) electrons. The van der Waals surface area contributed by atoms with Crippen molar-refractivity contribution in [2.24, 2.45) is 0 Å². The molecule has 0 spiro atoms. The first-order valence-electron chi connectivity index (χ1n) is 10.1. The van der Waals surface area contributed by atoms with Crippen LogP contribution in [0.1, 0.15) is 30.1 Å². The summed E-state index contributed by atoms with van der Waals surface area (Å²) in [5, 5.41) is 2.48. The number of hydrogen-bond acceptors (Lipinski definition) is 5. The molecule has 3 rings (SSSR count). The lowest BCUT2D eigenvalue weighted by atomic mass is 10.2. The number of amides is 3. The van der Waals surface area contributed by atoms with Gasteiger partial charge in [-0.1, -0.05) is 18.2 Å². The van der Waals surface area contributed by atoms with Crippen LogP contribution in [0.5, 0.6) is 0 Å². The fourth-order valence-electron chi connectivity index (χ4n) is 3.31. The van der Waals surface area contributed by atoms with Crippen molar-refractivity contribution in [2.45, 2.75) is 25.9 Å². The van der Waals surface area contributed by atoms with Gasteiger partial charge in [0.1, 0.15) is 6.54 Å². The van der Waals surface area contributed by atoms with Crippen molar-refractivity contribution in [3.63, 3.8) is 0 Å². The van der Waals surface area contributed by atoms with E-state index in [2.05, 4.69) is 5.32 Å². The largest absolute Gasteiger partial charge is 0.451 e. The Kier molecular flexibility index (Phi) is 7.02. The van der Waals surface area contributed by atoms with Crippen LogP contribution in [0.4, 0.5) is 11.4 Å². The van der Waals surface area contributed by atoms with Gasteiger partial charge in [0.15, 0.2) is 6.10 Å². The van der Waals surface area contributed by atoms with Gasteiger partial charge in [0.25, 0.3) is 11.8 Å². The summed E-state index contributed by atoms with van der Waals surface area (Å²) in [4.78, 5) is 51.7. The van der Waals surface area contributed by atoms with Crippen molar-refractivity contribution in [1.29, 1.82) is 0 Å². The summed E-state index contributed by atoms with van der Waals surface area (Å²) in [6.45, 7) is 1.80. The molecule has 0 aromatic heterocycles. The van der Waals surface area contributed by atoms with E-state index in [0.29, 0.717) is 24.2 Å². The third-order valence-electron chi connectivity index (χ3n) is 5.04. The quantitative estimate of drug-likeness (QED) is 0.689. The molecule has 3 amide bonds. The van der Waals surface area contributed by atoms with E-state index in [0.717, 1.165) is 12.1 Å². The first-order valence-corrected chi connectivity index (χ1v) is 10.1. The summed E-state index contributed by atoms with van der Waals surface area (Å²) in [7, 11) is 1.60. The van der Waals surface area contributed by atoms with Gasteiger partial charge < -0.3 is 19.9 Å². The van der Waals surface area contributed by atoms with E-state index in [1.807, 2.05) is 6.07 Å². The van der Waals surface area contributed by atoms with Crippen molar-refractivity contribution in [2.75, 3.05) is 29.9 Å². The van der Waals surface area contributed by atoms with Crippen LogP contribution in [0.15, 0.2) is 54.6 Å². The van der Waals surface area contributed by atoms with Crippen molar-refractivity contribution in [3.8, 4) is 0 Å². The molecule has 1 saturated heterocycles. The lowest BCUT2D eigenvalue weighted by Crippen LogP contribution is -2.39. The van der Waals surface area contributed by atoms with Gasteiger partial charge in [-0.25, -0.2) is 0 Å². The van der Waals surface area contributed by atoms with Crippen molar-refractivity contribution >= 4 is 35.1 Å². The normalized spacial score (nSPS) is 14.1. The number of nitrogens with one attached hydrogen (secondary N) is 1. The summed E-state index contributed by atoms with van der Waals surface area (Å²) in [5.41, 5.74) is 1.78. The maximum absolute atomic E-state index is 12.4. The third kappa shape index (κ3) is 5.48. The summed E-state index contributed by atoms with van der Waals surface area (Å²) in [6.07, 6.45) is 0.365. The molecule has 0 saturated carbocycles. The second-order valence-corrected chi connectivity index (χ2v) is 7.24. The number of anilines is 2. The Bertz CT molecular complexity index is 959. The Morgan fingerprint density at radius 3 is 2.39 bits per heavy atom. The minimum atomic E-state index is -0.994. The highest BCUT2D eigenvalue weighted by molar-refractivity contribution is 5.99. The molecule has 162 valence electrons. The van der Waals surface area contributed by atoms with Crippen LogP contribution in [-0.2, 0) is 19.1 Å². The molecule has 0 unspecified atom stereocenters. The number of nitrogens with zero attached hydrogens (tertiary/aromatic N) is 2. The molecule has 2 aromatic carbocycles. The number of para-hydroxylation sites is 1. The number of benzene rings is 2. The van der Waals surface area contributed by atoms with Gasteiger partial charge in [-0.3, -0.25) is 19.2 Å². The first-order chi connectivity index (χ1) is 14.9. The number of ether oxygens (including phenoxy) is 1. The standard InChI is InChI=1S/C23H25N3O5/c1-16(23(30)25(2)18-7-4-3-5-8-18)31-21(28)15-24-22(29)17-10-12-19(13-11-17)26-14-6-9-20(26)27/h3-5,7-8,10-13,16H,6,9,14-15H2,1-2H3,(H,24,29)/t16-/m1/s1. The van der Waals surface area contributed by atoms with Crippen molar-refractivity contribution in [1.82, 2.24) is 5.32 Å². The highest BCUT2D eigenvalue weighted by atomic mass is 16.5. The van der Waals surface area contributed by atoms with Crippen molar-refractivity contribution < 1.29 is 23.9 Å². The lowest BCUT2D eigenvalue weighted by molar-refractivity contribution is -0.152. The number of rotatable bonds is 7. The van der Waals surface area contributed by atoms with E-state index < -0.39 is 18.0 Å². The molecule has 1 aliphatic rings. The molecule has 1 aliphatic heterocycles. The van der Waals surface area contributed by atoms with E-state index >= 15 is 0 Å². The average molecular weight is 423 g/mol. The molecule has 0 aliphatic carbocycles. The molecule has 1 heterocycles. The number of likely N-dealkylation sites (N-methyl/N-ethyl adjacent to an activating group) is 1. The van der Waals surface area contributed by atoms with Crippen LogP contribution in [0.25, 0.3) is 0 Å². The summed E-state index contributed by atoms with van der Waals surface area (Å²) >= 11 is 0. The lowest BCUT2D eigenvalue weighted by Gasteiger charge is -2.21. The van der Waals surface area contributed by atoms with Crippen LogP contribution in [0.2, 0.25) is 0 Å². The molecule has 1 N–H and O–H groups in total. The minimum absolute atomic E-state index is 0.0709.